The number of carbonyl (C=O) groups is 2. The highest BCUT2D eigenvalue weighted by atomic mass is 32.2. The molecule has 35 heavy (non-hydrogen) atoms. The van der Waals surface area contributed by atoms with E-state index in [-0.39, 0.29) is 16.7 Å². The number of benzene rings is 3. The Bertz CT molecular complexity index is 1420. The minimum atomic E-state index is -3.61. The molecular formula is C27H29N3O4S. The standard InChI is InChI=1S/C27H29N3O4S/c1-4-30-24-13-12-23(21-6-5-7-22(25(21)24)27(30)32)28-26(31)19-8-10-20(11-9-19)35(33,34)29-15-17(2)14-18(3)16-29/h5-13,17-18H,4,14-16H2,1-3H3,(H,28,31). The van der Waals surface area contributed by atoms with Crippen LogP contribution < -0.4 is 10.2 Å². The van der Waals surface area contributed by atoms with Crippen LogP contribution >= 0.6 is 0 Å². The fraction of sp³-hybridized carbons (Fsp3) is 0.333. The number of amides is 2. The van der Waals surface area contributed by atoms with Gasteiger partial charge in [-0.3, -0.25) is 9.59 Å². The van der Waals surface area contributed by atoms with Crippen molar-refractivity contribution in [1.82, 2.24) is 4.31 Å². The van der Waals surface area contributed by atoms with E-state index in [1.54, 1.807) is 33.5 Å². The molecule has 2 amide bonds. The number of sulfonamides is 1. The van der Waals surface area contributed by atoms with Crippen LogP contribution in [0.4, 0.5) is 11.4 Å². The molecule has 2 heterocycles. The molecule has 1 saturated heterocycles. The normalized spacial score (nSPS) is 20.4. The first kappa shape index (κ1) is 23.5. The Kier molecular flexibility index (Phi) is 5.89. The van der Waals surface area contributed by atoms with Gasteiger partial charge in [0.2, 0.25) is 10.0 Å². The van der Waals surface area contributed by atoms with Gasteiger partial charge in [0.25, 0.3) is 11.8 Å². The van der Waals surface area contributed by atoms with Gasteiger partial charge in [0, 0.05) is 47.2 Å². The smallest absolute Gasteiger partial charge is 0.258 e. The SMILES string of the molecule is CCN1C(=O)c2cccc3c(NC(=O)c4ccc(S(=O)(=O)N5CC(C)CC(C)C5)cc4)ccc1c23. The summed E-state index contributed by atoms with van der Waals surface area (Å²) >= 11 is 0. The lowest BCUT2D eigenvalue weighted by Gasteiger charge is -2.34. The largest absolute Gasteiger partial charge is 0.321 e. The molecule has 0 bridgehead atoms. The first-order valence-electron chi connectivity index (χ1n) is 12.0. The topological polar surface area (TPSA) is 86.8 Å². The second-order valence-electron chi connectivity index (χ2n) is 9.66. The zero-order valence-electron chi connectivity index (χ0n) is 20.1. The number of carbonyl (C=O) groups excluding carboxylic acids is 2. The van der Waals surface area contributed by atoms with Crippen molar-refractivity contribution in [2.45, 2.75) is 32.1 Å². The van der Waals surface area contributed by atoms with Crippen LogP contribution in [0.3, 0.4) is 0 Å². The van der Waals surface area contributed by atoms with Crippen molar-refractivity contribution in [3.05, 3.63) is 65.7 Å². The van der Waals surface area contributed by atoms with Gasteiger partial charge >= 0.3 is 0 Å². The van der Waals surface area contributed by atoms with E-state index in [4.69, 9.17) is 0 Å². The minimum Gasteiger partial charge on any atom is -0.321 e. The zero-order chi connectivity index (χ0) is 24.9. The Morgan fingerprint density at radius 3 is 2.34 bits per heavy atom. The quantitative estimate of drug-likeness (QED) is 0.559. The summed E-state index contributed by atoms with van der Waals surface area (Å²) in [6.07, 6.45) is 1.02. The predicted octanol–water partition coefficient (Wildman–Crippen LogP) is 4.74. The van der Waals surface area contributed by atoms with Gasteiger partial charge in [-0.15, -0.1) is 0 Å². The van der Waals surface area contributed by atoms with Crippen LogP contribution in [0, 0.1) is 11.8 Å². The Labute approximate surface area is 205 Å². The van der Waals surface area contributed by atoms with Crippen molar-refractivity contribution in [3.63, 3.8) is 0 Å². The summed E-state index contributed by atoms with van der Waals surface area (Å²) in [7, 11) is -3.61. The average Bonchev–Trinajstić information content (AvgIpc) is 3.12. The van der Waals surface area contributed by atoms with E-state index in [1.807, 2.05) is 25.1 Å². The fourth-order valence-corrected chi connectivity index (χ4v) is 7.07. The number of hydrogen-bond donors (Lipinski definition) is 1. The first-order valence-corrected chi connectivity index (χ1v) is 13.4. The molecule has 0 aromatic heterocycles. The van der Waals surface area contributed by atoms with Crippen molar-refractivity contribution < 1.29 is 18.0 Å². The van der Waals surface area contributed by atoms with E-state index < -0.39 is 10.0 Å². The van der Waals surface area contributed by atoms with Crippen LogP contribution in [0.2, 0.25) is 0 Å². The van der Waals surface area contributed by atoms with Crippen molar-refractivity contribution in [2.75, 3.05) is 29.9 Å². The van der Waals surface area contributed by atoms with Crippen LogP contribution in [0.25, 0.3) is 10.8 Å². The molecule has 2 unspecified atom stereocenters. The molecule has 0 radical (unpaired) electrons. The summed E-state index contributed by atoms with van der Waals surface area (Å²) in [4.78, 5) is 27.7. The van der Waals surface area contributed by atoms with Gasteiger partial charge in [-0.2, -0.15) is 4.31 Å². The van der Waals surface area contributed by atoms with Gasteiger partial charge in [-0.25, -0.2) is 8.42 Å². The molecule has 8 heteroatoms. The minimum absolute atomic E-state index is 0.0362. The zero-order valence-corrected chi connectivity index (χ0v) is 20.9. The maximum atomic E-state index is 13.1. The molecule has 0 spiro atoms. The predicted molar refractivity (Wildman–Crippen MR) is 137 cm³/mol. The molecular weight excluding hydrogens is 462 g/mol. The van der Waals surface area contributed by atoms with E-state index in [0.29, 0.717) is 48.3 Å². The third-order valence-electron chi connectivity index (χ3n) is 6.94. The van der Waals surface area contributed by atoms with Gasteiger partial charge in [0.15, 0.2) is 0 Å². The van der Waals surface area contributed by atoms with E-state index in [9.17, 15) is 18.0 Å². The Morgan fingerprint density at radius 1 is 1.00 bits per heavy atom. The Morgan fingerprint density at radius 2 is 1.69 bits per heavy atom. The second-order valence-corrected chi connectivity index (χ2v) is 11.6. The molecule has 7 nitrogen and oxygen atoms in total. The van der Waals surface area contributed by atoms with Gasteiger partial charge in [-0.05, 0) is 67.6 Å². The maximum absolute atomic E-state index is 13.1. The van der Waals surface area contributed by atoms with E-state index >= 15 is 0 Å². The molecule has 0 aliphatic carbocycles. The highest BCUT2D eigenvalue weighted by Gasteiger charge is 2.32. The molecule has 5 rings (SSSR count). The molecule has 2 aliphatic heterocycles. The molecule has 3 aromatic rings. The number of nitrogens with zero attached hydrogens (tertiary/aromatic N) is 2. The van der Waals surface area contributed by atoms with Crippen LogP contribution in [0.5, 0.6) is 0 Å². The van der Waals surface area contributed by atoms with E-state index in [1.165, 1.54) is 12.1 Å². The maximum Gasteiger partial charge on any atom is 0.258 e. The number of nitrogens with one attached hydrogen (secondary N) is 1. The van der Waals surface area contributed by atoms with Crippen LogP contribution in [0.1, 0.15) is 47.9 Å². The number of piperidine rings is 1. The number of rotatable bonds is 5. The van der Waals surface area contributed by atoms with Gasteiger partial charge in [0.05, 0.1) is 10.6 Å². The summed E-state index contributed by atoms with van der Waals surface area (Å²) < 4.78 is 27.8. The van der Waals surface area contributed by atoms with Crippen LogP contribution in [0.15, 0.2) is 59.5 Å². The first-order chi connectivity index (χ1) is 16.7. The summed E-state index contributed by atoms with van der Waals surface area (Å²) in [5.74, 6) is 0.254. The summed E-state index contributed by atoms with van der Waals surface area (Å²) in [5, 5.41) is 4.57. The Hall–Kier alpha value is -3.23. The lowest BCUT2D eigenvalue weighted by Crippen LogP contribution is -2.42. The molecule has 2 aliphatic rings. The number of hydrogen-bond acceptors (Lipinski definition) is 4. The second kappa shape index (κ2) is 8.77. The highest BCUT2D eigenvalue weighted by Crippen LogP contribution is 2.40. The van der Waals surface area contributed by atoms with Crippen LogP contribution in [-0.4, -0.2) is 44.2 Å². The number of anilines is 2. The van der Waals surface area contributed by atoms with Crippen molar-refractivity contribution in [1.29, 1.82) is 0 Å². The summed E-state index contributed by atoms with van der Waals surface area (Å²) in [6, 6.07) is 15.3. The van der Waals surface area contributed by atoms with Crippen molar-refractivity contribution >= 4 is 44.0 Å². The highest BCUT2D eigenvalue weighted by molar-refractivity contribution is 7.89. The Balaban J connectivity index is 1.39. The lowest BCUT2D eigenvalue weighted by molar-refractivity contribution is 0.0992. The molecule has 3 aromatic carbocycles. The van der Waals surface area contributed by atoms with Crippen molar-refractivity contribution in [3.8, 4) is 0 Å². The van der Waals surface area contributed by atoms with Crippen LogP contribution in [-0.2, 0) is 10.0 Å². The molecule has 0 saturated carbocycles. The average molecular weight is 492 g/mol. The van der Waals surface area contributed by atoms with Gasteiger partial charge < -0.3 is 10.2 Å². The van der Waals surface area contributed by atoms with E-state index in [0.717, 1.165) is 22.9 Å². The molecule has 182 valence electrons. The molecule has 1 N–H and O–H groups in total. The fourth-order valence-electron chi connectivity index (χ4n) is 5.39. The third kappa shape index (κ3) is 4.00. The van der Waals surface area contributed by atoms with Gasteiger partial charge in [-0.1, -0.05) is 26.0 Å². The summed E-state index contributed by atoms with van der Waals surface area (Å²) in [5.41, 5.74) is 2.44. The molecule has 1 fully saturated rings. The lowest BCUT2D eigenvalue weighted by atomic mass is 9.94. The monoisotopic (exact) mass is 491 g/mol. The summed E-state index contributed by atoms with van der Waals surface area (Å²) in [6.45, 7) is 7.67. The van der Waals surface area contributed by atoms with Crippen molar-refractivity contribution in [2.24, 2.45) is 11.8 Å². The van der Waals surface area contributed by atoms with E-state index in [2.05, 4.69) is 19.2 Å². The molecule has 2 atom stereocenters. The van der Waals surface area contributed by atoms with Gasteiger partial charge in [0.1, 0.15) is 0 Å². The third-order valence-corrected chi connectivity index (χ3v) is 8.78.